The molecule has 0 bridgehead atoms. The van der Waals surface area contributed by atoms with Crippen LogP contribution in [0, 0.1) is 11.7 Å². The number of ketones is 1. The van der Waals surface area contributed by atoms with Crippen LogP contribution in [-0.2, 0) is 12.8 Å². The summed E-state index contributed by atoms with van der Waals surface area (Å²) >= 11 is 0. The first-order valence-electron chi connectivity index (χ1n) is 12.5. The maximum atomic E-state index is 13.9. The van der Waals surface area contributed by atoms with E-state index in [-0.39, 0.29) is 36.8 Å². The Bertz CT molecular complexity index is 1070. The molecule has 4 rings (SSSR count). The first kappa shape index (κ1) is 27.9. The highest BCUT2D eigenvalue weighted by molar-refractivity contribution is 5.98. The van der Waals surface area contributed by atoms with Gasteiger partial charge in [0.15, 0.2) is 5.78 Å². The van der Waals surface area contributed by atoms with E-state index in [1.165, 1.54) is 23.8 Å². The van der Waals surface area contributed by atoms with Gasteiger partial charge in [0.05, 0.1) is 5.56 Å². The van der Waals surface area contributed by atoms with Crippen LogP contribution < -0.4 is 4.74 Å². The van der Waals surface area contributed by atoms with Gasteiger partial charge in [0.1, 0.15) is 24.3 Å². The van der Waals surface area contributed by atoms with Crippen molar-refractivity contribution in [3.05, 3.63) is 101 Å². The molecule has 3 aromatic carbocycles. The minimum Gasteiger partial charge on any atom is -0.490 e. The molecule has 6 heteroatoms. The van der Waals surface area contributed by atoms with E-state index in [0.717, 1.165) is 37.9 Å². The SMILES string of the molecule is Cl.O=C(CCc1ccccc1)c1cc(F)ccc1OCC(O)CN1CCC(Cc2ccccc2)CC1. The van der Waals surface area contributed by atoms with Crippen molar-refractivity contribution in [2.45, 2.75) is 38.2 Å². The fourth-order valence-corrected chi connectivity index (χ4v) is 4.74. The Morgan fingerprint density at radius 1 is 0.972 bits per heavy atom. The fraction of sp³-hybridized carbons (Fsp3) is 0.367. The first-order valence-corrected chi connectivity index (χ1v) is 12.5. The van der Waals surface area contributed by atoms with Gasteiger partial charge in [-0.2, -0.15) is 0 Å². The van der Waals surface area contributed by atoms with Crippen molar-refractivity contribution in [3.63, 3.8) is 0 Å². The second-order valence-electron chi connectivity index (χ2n) is 9.45. The Balaban J connectivity index is 0.00000361. The number of hydrogen-bond acceptors (Lipinski definition) is 4. The maximum absolute atomic E-state index is 13.9. The van der Waals surface area contributed by atoms with E-state index < -0.39 is 11.9 Å². The molecule has 0 radical (unpaired) electrons. The second kappa shape index (κ2) is 14.1. The summed E-state index contributed by atoms with van der Waals surface area (Å²) in [6, 6.07) is 24.3. The van der Waals surface area contributed by atoms with Gasteiger partial charge in [-0.25, -0.2) is 4.39 Å². The van der Waals surface area contributed by atoms with Crippen LogP contribution in [-0.4, -0.2) is 48.1 Å². The number of ether oxygens (including phenoxy) is 1. The summed E-state index contributed by atoms with van der Waals surface area (Å²) in [5.41, 5.74) is 2.67. The van der Waals surface area contributed by atoms with Crippen molar-refractivity contribution < 1.29 is 19.0 Å². The molecule has 1 aliphatic heterocycles. The average molecular weight is 512 g/mol. The molecule has 192 valence electrons. The third kappa shape index (κ3) is 8.44. The normalized spacial score (nSPS) is 15.2. The van der Waals surface area contributed by atoms with Crippen LogP contribution in [0.3, 0.4) is 0 Å². The number of nitrogens with zero attached hydrogens (tertiary/aromatic N) is 1. The molecule has 1 fully saturated rings. The van der Waals surface area contributed by atoms with Crippen molar-refractivity contribution in [2.75, 3.05) is 26.2 Å². The van der Waals surface area contributed by atoms with Crippen molar-refractivity contribution in [1.29, 1.82) is 0 Å². The number of Topliss-reactive ketones (excluding diaryl/α,β-unsaturated/α-hetero) is 1. The molecule has 1 saturated heterocycles. The van der Waals surface area contributed by atoms with E-state index in [2.05, 4.69) is 29.2 Å². The summed E-state index contributed by atoms with van der Waals surface area (Å²) in [6.45, 7) is 2.49. The van der Waals surface area contributed by atoms with Gasteiger partial charge in [-0.05, 0) is 74.0 Å². The predicted octanol–water partition coefficient (Wildman–Crippen LogP) is 5.76. The highest BCUT2D eigenvalue weighted by Gasteiger charge is 2.22. The fourth-order valence-electron chi connectivity index (χ4n) is 4.74. The number of carbonyl (C=O) groups excluding carboxylic acids is 1. The number of halogens is 2. The Morgan fingerprint density at radius 3 is 2.28 bits per heavy atom. The van der Waals surface area contributed by atoms with E-state index in [1.807, 2.05) is 36.4 Å². The molecule has 1 aliphatic rings. The molecule has 1 atom stereocenters. The minimum absolute atomic E-state index is 0. The summed E-state index contributed by atoms with van der Waals surface area (Å²) in [4.78, 5) is 15.1. The molecular formula is C30H35ClFNO3. The van der Waals surface area contributed by atoms with E-state index in [9.17, 15) is 14.3 Å². The zero-order valence-corrected chi connectivity index (χ0v) is 21.3. The topological polar surface area (TPSA) is 49.8 Å². The zero-order valence-electron chi connectivity index (χ0n) is 20.5. The zero-order chi connectivity index (χ0) is 24.5. The number of aliphatic hydroxyl groups excluding tert-OH is 1. The summed E-state index contributed by atoms with van der Waals surface area (Å²) < 4.78 is 19.7. The van der Waals surface area contributed by atoms with Crippen LogP contribution in [0.2, 0.25) is 0 Å². The number of likely N-dealkylation sites (tertiary alicyclic amines) is 1. The average Bonchev–Trinajstić information content (AvgIpc) is 2.89. The Labute approximate surface area is 219 Å². The van der Waals surface area contributed by atoms with Crippen molar-refractivity contribution >= 4 is 18.2 Å². The molecule has 3 aromatic rings. The third-order valence-electron chi connectivity index (χ3n) is 6.70. The number of rotatable bonds is 11. The quantitative estimate of drug-likeness (QED) is 0.333. The lowest BCUT2D eigenvalue weighted by atomic mass is 9.90. The van der Waals surface area contributed by atoms with E-state index in [1.54, 1.807) is 0 Å². The van der Waals surface area contributed by atoms with Crippen LogP contribution in [0.4, 0.5) is 4.39 Å². The lowest BCUT2D eigenvalue weighted by molar-refractivity contribution is 0.0545. The summed E-state index contributed by atoms with van der Waals surface area (Å²) in [5.74, 6) is 0.355. The van der Waals surface area contributed by atoms with Gasteiger partial charge < -0.3 is 14.7 Å². The molecule has 0 aromatic heterocycles. The van der Waals surface area contributed by atoms with Crippen molar-refractivity contribution in [1.82, 2.24) is 4.90 Å². The molecule has 0 aliphatic carbocycles. The second-order valence-corrected chi connectivity index (χ2v) is 9.45. The number of piperidine rings is 1. The van der Waals surface area contributed by atoms with Gasteiger partial charge >= 0.3 is 0 Å². The monoisotopic (exact) mass is 511 g/mol. The smallest absolute Gasteiger partial charge is 0.167 e. The van der Waals surface area contributed by atoms with Gasteiger partial charge in [0.2, 0.25) is 0 Å². The minimum atomic E-state index is -0.682. The van der Waals surface area contributed by atoms with Crippen LogP contribution in [0.5, 0.6) is 5.75 Å². The molecule has 4 nitrogen and oxygen atoms in total. The Kier molecular flexibility index (Phi) is 10.9. The predicted molar refractivity (Wildman–Crippen MR) is 144 cm³/mol. The molecule has 1 unspecified atom stereocenters. The summed E-state index contributed by atoms with van der Waals surface area (Å²) in [7, 11) is 0. The Morgan fingerprint density at radius 2 is 1.61 bits per heavy atom. The number of aryl methyl sites for hydroxylation is 1. The molecule has 1 heterocycles. The van der Waals surface area contributed by atoms with E-state index in [0.29, 0.717) is 24.6 Å². The molecule has 0 spiro atoms. The number of β-amino-alcohol motifs (C(OH)–C–C–N with tert-alkyl or cyclic N) is 1. The standard InChI is InChI=1S/C30H34FNO3.ClH/c31-26-12-14-30(28(20-26)29(34)13-11-23-7-3-1-4-8-23)35-22-27(33)21-32-17-15-25(16-18-32)19-24-9-5-2-6-10-24;/h1-10,12,14,20,25,27,33H,11,13,15-19,21-22H2;1H. The molecular weight excluding hydrogens is 477 g/mol. The number of carbonyl (C=O) groups is 1. The summed E-state index contributed by atoms with van der Waals surface area (Å²) in [6.07, 6.45) is 3.49. The first-order chi connectivity index (χ1) is 17.1. The van der Waals surface area contributed by atoms with Crippen LogP contribution in [0.15, 0.2) is 78.9 Å². The van der Waals surface area contributed by atoms with Crippen LogP contribution in [0.1, 0.15) is 40.7 Å². The molecule has 1 N–H and O–H groups in total. The summed E-state index contributed by atoms with van der Waals surface area (Å²) in [5, 5.41) is 10.6. The van der Waals surface area contributed by atoms with E-state index >= 15 is 0 Å². The largest absolute Gasteiger partial charge is 0.490 e. The van der Waals surface area contributed by atoms with Crippen molar-refractivity contribution in [3.8, 4) is 5.75 Å². The molecule has 0 amide bonds. The highest BCUT2D eigenvalue weighted by Crippen LogP contribution is 2.24. The number of benzene rings is 3. The molecule has 36 heavy (non-hydrogen) atoms. The Hall–Kier alpha value is -2.73. The number of hydrogen-bond donors (Lipinski definition) is 1. The van der Waals surface area contributed by atoms with Gasteiger partial charge in [0, 0.05) is 13.0 Å². The highest BCUT2D eigenvalue weighted by atomic mass is 35.5. The van der Waals surface area contributed by atoms with Gasteiger partial charge in [-0.15, -0.1) is 12.4 Å². The third-order valence-corrected chi connectivity index (χ3v) is 6.70. The molecule has 0 saturated carbocycles. The van der Waals surface area contributed by atoms with Crippen molar-refractivity contribution in [2.24, 2.45) is 5.92 Å². The number of aliphatic hydroxyl groups is 1. The van der Waals surface area contributed by atoms with Crippen LogP contribution >= 0.6 is 12.4 Å². The lowest BCUT2D eigenvalue weighted by Gasteiger charge is -2.33. The lowest BCUT2D eigenvalue weighted by Crippen LogP contribution is -2.41. The maximum Gasteiger partial charge on any atom is 0.167 e. The van der Waals surface area contributed by atoms with Gasteiger partial charge in [0.25, 0.3) is 0 Å². The van der Waals surface area contributed by atoms with Gasteiger partial charge in [-0.3, -0.25) is 4.79 Å². The van der Waals surface area contributed by atoms with Gasteiger partial charge in [-0.1, -0.05) is 60.7 Å². The van der Waals surface area contributed by atoms with E-state index in [4.69, 9.17) is 4.74 Å². The van der Waals surface area contributed by atoms with Crippen LogP contribution in [0.25, 0.3) is 0 Å².